The number of rotatable bonds is 7. The third kappa shape index (κ3) is 11.6. The molecule has 1 unspecified atom stereocenters. The van der Waals surface area contributed by atoms with Crippen LogP contribution in [-0.2, 0) is 39.8 Å². The number of pyridine rings is 2. The van der Waals surface area contributed by atoms with E-state index >= 15 is 0 Å². The molecule has 236 valence electrons. The van der Waals surface area contributed by atoms with E-state index in [1.165, 1.54) is 20.3 Å². The third-order valence-corrected chi connectivity index (χ3v) is 6.52. The minimum Gasteiger partial charge on any atom is -0.480 e. The number of methoxy groups -OCH3 is 2. The normalized spacial score (nSPS) is 18.1. The zero-order chi connectivity index (χ0) is 30.9. The average Bonchev–Trinajstić information content (AvgIpc) is 3.01. The second kappa shape index (κ2) is 18.9. The van der Waals surface area contributed by atoms with Crippen LogP contribution in [0.5, 0.6) is 0 Å². The average molecular weight is 605 g/mol. The van der Waals surface area contributed by atoms with Crippen molar-refractivity contribution in [3.63, 3.8) is 0 Å². The van der Waals surface area contributed by atoms with Crippen LogP contribution in [0.1, 0.15) is 38.4 Å². The summed E-state index contributed by atoms with van der Waals surface area (Å²) in [5.74, 6) is -2.25. The molecular formula is C29H40N4O10. The van der Waals surface area contributed by atoms with Crippen LogP contribution in [0.4, 0.5) is 0 Å². The highest BCUT2D eigenvalue weighted by Crippen LogP contribution is 2.20. The van der Waals surface area contributed by atoms with Gasteiger partial charge < -0.3 is 33.5 Å². The van der Waals surface area contributed by atoms with Gasteiger partial charge in [-0.2, -0.15) is 0 Å². The molecule has 0 aliphatic carbocycles. The number of esters is 2. The molecule has 0 aromatic carbocycles. The fourth-order valence-corrected chi connectivity index (χ4v) is 4.34. The molecule has 14 heteroatoms. The van der Waals surface area contributed by atoms with Crippen molar-refractivity contribution in [1.82, 2.24) is 19.8 Å². The molecule has 0 amide bonds. The summed E-state index contributed by atoms with van der Waals surface area (Å²) in [5, 5.41) is 10.1. The predicted molar refractivity (Wildman–Crippen MR) is 152 cm³/mol. The molecule has 0 bridgehead atoms. The summed E-state index contributed by atoms with van der Waals surface area (Å²) in [6.45, 7) is 5.03. The van der Waals surface area contributed by atoms with Gasteiger partial charge in [0.2, 0.25) is 0 Å². The Bertz CT molecular complexity index is 1150. The van der Waals surface area contributed by atoms with Crippen molar-refractivity contribution in [2.24, 2.45) is 0 Å². The summed E-state index contributed by atoms with van der Waals surface area (Å²) < 4.78 is 32.5. The second-order valence-electron chi connectivity index (χ2n) is 9.45. The predicted octanol–water partition coefficient (Wildman–Crippen LogP) is 1.06. The van der Waals surface area contributed by atoms with Crippen molar-refractivity contribution in [1.29, 1.82) is 0 Å². The van der Waals surface area contributed by atoms with Gasteiger partial charge in [0.05, 0.1) is 78.5 Å². The number of aromatic nitrogens is 2. The van der Waals surface area contributed by atoms with Gasteiger partial charge in [-0.3, -0.25) is 14.6 Å². The molecule has 2 aromatic rings. The first-order valence-electron chi connectivity index (χ1n) is 14.0. The van der Waals surface area contributed by atoms with E-state index < -0.39 is 23.9 Å². The molecule has 1 aliphatic rings. The molecule has 1 atom stereocenters. The molecule has 1 fully saturated rings. The van der Waals surface area contributed by atoms with Gasteiger partial charge >= 0.3 is 17.9 Å². The Hall–Kier alpha value is -3.53. The van der Waals surface area contributed by atoms with Crippen molar-refractivity contribution in [2.75, 3.05) is 93.3 Å². The van der Waals surface area contributed by atoms with Crippen LogP contribution >= 0.6 is 0 Å². The molecule has 1 N–H and O–H groups in total. The number of carbonyl (C=O) groups is 3. The standard InChI is InChI=1S/C29H40N4O10/c1-38-28(36)24-7-3-5-22(30-24)21-32-9-13-40-17-19-42-15-11-33(12-16-43-20-18-41-14-10-32)26(27(34)35)23-6-4-8-25(31-23)29(37)39-2/h3-8,26H,9-21H2,1-2H3,(H,34,35). The summed E-state index contributed by atoms with van der Waals surface area (Å²) in [6, 6.07) is 8.73. The van der Waals surface area contributed by atoms with Crippen LogP contribution in [0.3, 0.4) is 0 Å². The number of carbonyl (C=O) groups excluding carboxylic acids is 2. The van der Waals surface area contributed by atoms with Gasteiger partial charge in [-0.1, -0.05) is 12.1 Å². The molecule has 43 heavy (non-hydrogen) atoms. The maximum absolute atomic E-state index is 12.3. The van der Waals surface area contributed by atoms with E-state index in [0.717, 1.165) is 5.69 Å². The van der Waals surface area contributed by atoms with E-state index in [2.05, 4.69) is 14.9 Å². The second-order valence-corrected chi connectivity index (χ2v) is 9.45. The number of carboxylic acids is 1. The first-order chi connectivity index (χ1) is 20.9. The summed E-state index contributed by atoms with van der Waals surface area (Å²) >= 11 is 0. The number of carboxylic acid groups (broad SMARTS) is 1. The Kier molecular flexibility index (Phi) is 14.9. The zero-order valence-corrected chi connectivity index (χ0v) is 24.6. The van der Waals surface area contributed by atoms with E-state index in [0.29, 0.717) is 59.3 Å². The number of hydrogen-bond donors (Lipinski definition) is 1. The largest absolute Gasteiger partial charge is 0.480 e. The molecule has 0 radical (unpaired) electrons. The quantitative estimate of drug-likeness (QED) is 0.447. The lowest BCUT2D eigenvalue weighted by atomic mass is 10.1. The van der Waals surface area contributed by atoms with Crippen molar-refractivity contribution in [3.05, 3.63) is 59.2 Å². The molecule has 3 heterocycles. The van der Waals surface area contributed by atoms with E-state index in [-0.39, 0.29) is 43.4 Å². The van der Waals surface area contributed by atoms with Gasteiger partial charge in [-0.15, -0.1) is 0 Å². The van der Waals surface area contributed by atoms with Gasteiger partial charge in [0, 0.05) is 32.7 Å². The van der Waals surface area contributed by atoms with Crippen LogP contribution in [0.15, 0.2) is 36.4 Å². The zero-order valence-electron chi connectivity index (χ0n) is 24.6. The number of nitrogens with zero attached hydrogens (tertiary/aromatic N) is 4. The molecular weight excluding hydrogens is 564 g/mol. The molecule has 1 saturated heterocycles. The van der Waals surface area contributed by atoms with Gasteiger partial charge in [0.15, 0.2) is 6.04 Å². The fourth-order valence-electron chi connectivity index (χ4n) is 4.34. The summed E-state index contributed by atoms with van der Waals surface area (Å²) in [6.07, 6.45) is 0. The Labute approximate surface area is 250 Å². The van der Waals surface area contributed by atoms with Gasteiger partial charge in [-0.05, 0) is 24.3 Å². The van der Waals surface area contributed by atoms with Crippen LogP contribution in [0.25, 0.3) is 0 Å². The van der Waals surface area contributed by atoms with Gasteiger partial charge in [0.25, 0.3) is 0 Å². The van der Waals surface area contributed by atoms with Crippen molar-refractivity contribution in [2.45, 2.75) is 12.6 Å². The highest BCUT2D eigenvalue weighted by Gasteiger charge is 2.29. The van der Waals surface area contributed by atoms with Gasteiger partial charge in [0.1, 0.15) is 11.4 Å². The molecule has 1 aliphatic heterocycles. The molecule has 0 spiro atoms. The summed E-state index contributed by atoms with van der Waals surface area (Å²) in [7, 11) is 2.56. The molecule has 14 nitrogen and oxygen atoms in total. The Morgan fingerprint density at radius 3 is 1.74 bits per heavy atom. The molecule has 3 rings (SSSR count). The van der Waals surface area contributed by atoms with Crippen molar-refractivity contribution in [3.8, 4) is 0 Å². The van der Waals surface area contributed by atoms with Crippen LogP contribution in [0, 0.1) is 0 Å². The van der Waals surface area contributed by atoms with Crippen molar-refractivity contribution >= 4 is 17.9 Å². The molecule has 2 aromatic heterocycles. The summed E-state index contributed by atoms with van der Waals surface area (Å²) in [5.41, 5.74) is 1.22. The topological polar surface area (TPSA) is 159 Å². The minimum atomic E-state index is -1.12. The third-order valence-electron chi connectivity index (χ3n) is 6.52. The summed E-state index contributed by atoms with van der Waals surface area (Å²) in [4.78, 5) is 48.6. The lowest BCUT2D eigenvalue weighted by Crippen LogP contribution is -2.39. The SMILES string of the molecule is COC(=O)c1cccc(CN2CCOCCOCCN(C(C(=O)O)c3cccc(C(=O)OC)n3)CCOCCOCC2)n1. The van der Waals surface area contributed by atoms with Crippen LogP contribution < -0.4 is 0 Å². The first-order valence-corrected chi connectivity index (χ1v) is 14.0. The monoisotopic (exact) mass is 604 g/mol. The number of aliphatic carboxylic acids is 1. The van der Waals surface area contributed by atoms with Crippen molar-refractivity contribution < 1.29 is 47.9 Å². The Balaban J connectivity index is 1.58. The smallest absolute Gasteiger partial charge is 0.356 e. The highest BCUT2D eigenvalue weighted by molar-refractivity contribution is 5.87. The lowest BCUT2D eigenvalue weighted by Gasteiger charge is -2.28. The number of ether oxygens (including phenoxy) is 6. The van der Waals surface area contributed by atoms with Gasteiger partial charge in [-0.25, -0.2) is 19.6 Å². The number of hydrogen-bond acceptors (Lipinski definition) is 13. The van der Waals surface area contributed by atoms with E-state index in [4.69, 9.17) is 28.4 Å². The lowest BCUT2D eigenvalue weighted by molar-refractivity contribution is -0.144. The maximum Gasteiger partial charge on any atom is 0.356 e. The molecule has 0 saturated carbocycles. The van der Waals surface area contributed by atoms with E-state index in [1.807, 2.05) is 6.07 Å². The Morgan fingerprint density at radius 1 is 0.744 bits per heavy atom. The van der Waals surface area contributed by atoms with Crippen LogP contribution in [0.2, 0.25) is 0 Å². The maximum atomic E-state index is 12.3. The Morgan fingerprint density at radius 2 is 1.23 bits per heavy atom. The van der Waals surface area contributed by atoms with E-state index in [9.17, 15) is 19.5 Å². The minimum absolute atomic E-state index is 0.0268. The highest BCUT2D eigenvalue weighted by atomic mass is 16.5. The van der Waals surface area contributed by atoms with E-state index in [1.54, 1.807) is 29.2 Å². The fraction of sp³-hybridized carbons (Fsp3) is 0.552. The first kappa shape index (κ1) is 34.0. The van der Waals surface area contributed by atoms with Crippen LogP contribution in [-0.4, -0.2) is 136 Å².